The molecule has 1 aliphatic heterocycles. The Morgan fingerprint density at radius 2 is 1.81 bits per heavy atom. The first kappa shape index (κ1) is 18.2. The molecule has 0 radical (unpaired) electrons. The van der Waals surface area contributed by atoms with Crippen molar-refractivity contribution in [1.82, 2.24) is 9.80 Å². The lowest BCUT2D eigenvalue weighted by molar-refractivity contribution is 0.0627. The van der Waals surface area contributed by atoms with E-state index < -0.39 is 0 Å². The van der Waals surface area contributed by atoms with E-state index in [-0.39, 0.29) is 11.7 Å². The first-order chi connectivity index (χ1) is 12.6. The topological polar surface area (TPSA) is 42.0 Å². The first-order valence-electron chi connectivity index (χ1n) is 8.59. The van der Waals surface area contributed by atoms with Gasteiger partial charge in [0.15, 0.2) is 0 Å². The summed E-state index contributed by atoms with van der Waals surface area (Å²) in [5.74, 6) is 1.10. The lowest BCUT2D eigenvalue weighted by Gasteiger charge is -2.35. The van der Waals surface area contributed by atoms with Gasteiger partial charge in [-0.3, -0.25) is 9.69 Å². The summed E-state index contributed by atoms with van der Waals surface area (Å²) in [6.45, 7) is 3.45. The summed E-state index contributed by atoms with van der Waals surface area (Å²) in [5, 5.41) is 0. The molecule has 0 saturated carbocycles. The van der Waals surface area contributed by atoms with Crippen LogP contribution in [0, 0.1) is 5.82 Å². The number of amides is 1. The van der Waals surface area contributed by atoms with Gasteiger partial charge in [-0.1, -0.05) is 6.07 Å². The molecule has 2 aromatic carbocycles. The lowest BCUT2D eigenvalue weighted by Crippen LogP contribution is -2.48. The van der Waals surface area contributed by atoms with E-state index in [0.29, 0.717) is 18.7 Å². The molecule has 6 heteroatoms. The summed E-state index contributed by atoms with van der Waals surface area (Å²) in [5.41, 5.74) is 1.45. The summed E-state index contributed by atoms with van der Waals surface area (Å²) in [4.78, 5) is 16.5. The van der Waals surface area contributed by atoms with Crippen LogP contribution in [0.4, 0.5) is 4.39 Å². The summed E-state index contributed by atoms with van der Waals surface area (Å²) < 4.78 is 24.1. The van der Waals surface area contributed by atoms with Crippen molar-refractivity contribution < 1.29 is 18.7 Å². The van der Waals surface area contributed by atoms with Crippen molar-refractivity contribution in [3.8, 4) is 11.5 Å². The van der Waals surface area contributed by atoms with E-state index in [0.717, 1.165) is 36.7 Å². The number of hydrogen-bond donors (Lipinski definition) is 0. The smallest absolute Gasteiger partial charge is 0.254 e. The number of rotatable bonds is 5. The number of benzene rings is 2. The number of carbonyl (C=O) groups is 1. The van der Waals surface area contributed by atoms with Gasteiger partial charge in [0.05, 0.1) is 14.2 Å². The van der Waals surface area contributed by atoms with Crippen LogP contribution in [0.25, 0.3) is 0 Å². The standard InChI is InChI=1S/C20H23FN2O3/c1-25-18-6-7-19(26-2)16(13-18)14-22-8-10-23(11-9-22)20(24)15-4-3-5-17(21)12-15/h3-7,12-13H,8-11,14H2,1-2H3. The number of halogens is 1. The van der Waals surface area contributed by atoms with Crippen LogP contribution in [0.3, 0.4) is 0 Å². The molecular formula is C20H23FN2O3. The Balaban J connectivity index is 1.61. The zero-order valence-corrected chi connectivity index (χ0v) is 15.1. The molecule has 1 amide bonds. The number of nitrogens with zero attached hydrogens (tertiary/aromatic N) is 2. The predicted molar refractivity (Wildman–Crippen MR) is 97.1 cm³/mol. The molecule has 0 N–H and O–H groups in total. The van der Waals surface area contributed by atoms with E-state index in [9.17, 15) is 9.18 Å². The third-order valence-corrected chi connectivity index (χ3v) is 4.61. The minimum absolute atomic E-state index is 0.122. The molecule has 0 aliphatic carbocycles. The van der Waals surface area contributed by atoms with Crippen LogP contribution in [-0.2, 0) is 6.54 Å². The highest BCUT2D eigenvalue weighted by molar-refractivity contribution is 5.94. The average Bonchev–Trinajstić information content (AvgIpc) is 2.68. The quantitative estimate of drug-likeness (QED) is 0.824. The Morgan fingerprint density at radius 3 is 2.46 bits per heavy atom. The summed E-state index contributed by atoms with van der Waals surface area (Å²) >= 11 is 0. The van der Waals surface area contributed by atoms with Gasteiger partial charge in [0.2, 0.25) is 0 Å². The molecular weight excluding hydrogens is 335 g/mol. The number of methoxy groups -OCH3 is 2. The van der Waals surface area contributed by atoms with Crippen molar-refractivity contribution in [2.75, 3.05) is 40.4 Å². The second kappa shape index (κ2) is 8.19. The second-order valence-electron chi connectivity index (χ2n) is 6.26. The molecule has 5 nitrogen and oxygen atoms in total. The number of carbonyl (C=O) groups excluding carboxylic acids is 1. The van der Waals surface area contributed by atoms with Crippen LogP contribution in [0.1, 0.15) is 15.9 Å². The Morgan fingerprint density at radius 1 is 1.04 bits per heavy atom. The molecule has 3 rings (SSSR count). The highest BCUT2D eigenvalue weighted by atomic mass is 19.1. The number of hydrogen-bond acceptors (Lipinski definition) is 4. The van der Waals surface area contributed by atoms with Crippen LogP contribution in [0.2, 0.25) is 0 Å². The van der Waals surface area contributed by atoms with Gasteiger partial charge in [0, 0.05) is 43.9 Å². The third kappa shape index (κ3) is 4.14. The van der Waals surface area contributed by atoms with Crippen molar-refractivity contribution in [2.45, 2.75) is 6.54 Å². The van der Waals surface area contributed by atoms with Gasteiger partial charge in [0.1, 0.15) is 17.3 Å². The van der Waals surface area contributed by atoms with Crippen molar-refractivity contribution >= 4 is 5.91 Å². The van der Waals surface area contributed by atoms with Crippen LogP contribution in [0.15, 0.2) is 42.5 Å². The Kier molecular flexibility index (Phi) is 5.73. The third-order valence-electron chi connectivity index (χ3n) is 4.61. The van der Waals surface area contributed by atoms with E-state index >= 15 is 0 Å². The van der Waals surface area contributed by atoms with E-state index in [1.165, 1.54) is 12.1 Å². The van der Waals surface area contributed by atoms with E-state index in [1.807, 2.05) is 18.2 Å². The monoisotopic (exact) mass is 358 g/mol. The molecule has 0 aromatic heterocycles. The van der Waals surface area contributed by atoms with E-state index in [2.05, 4.69) is 4.90 Å². The minimum atomic E-state index is -0.389. The van der Waals surface area contributed by atoms with Crippen LogP contribution < -0.4 is 9.47 Å². The number of ether oxygens (including phenoxy) is 2. The van der Waals surface area contributed by atoms with Crippen molar-refractivity contribution in [1.29, 1.82) is 0 Å². The zero-order chi connectivity index (χ0) is 18.5. The average molecular weight is 358 g/mol. The Bertz CT molecular complexity index is 773. The van der Waals surface area contributed by atoms with Gasteiger partial charge in [-0.25, -0.2) is 4.39 Å². The molecule has 138 valence electrons. The number of piperazine rings is 1. The molecule has 1 fully saturated rings. The van der Waals surface area contributed by atoms with Gasteiger partial charge in [-0.2, -0.15) is 0 Å². The summed E-state index contributed by atoms with van der Waals surface area (Å²) in [6, 6.07) is 11.6. The highest BCUT2D eigenvalue weighted by Gasteiger charge is 2.23. The predicted octanol–water partition coefficient (Wildman–Crippen LogP) is 2.80. The molecule has 0 spiro atoms. The molecule has 1 saturated heterocycles. The summed E-state index contributed by atoms with van der Waals surface area (Å²) in [6.07, 6.45) is 0. The van der Waals surface area contributed by atoms with Gasteiger partial charge in [-0.05, 0) is 36.4 Å². The lowest BCUT2D eigenvalue weighted by atomic mass is 10.1. The SMILES string of the molecule is COc1ccc(OC)c(CN2CCN(C(=O)c3cccc(F)c3)CC2)c1. The van der Waals surface area contributed by atoms with E-state index in [4.69, 9.17) is 9.47 Å². The maximum absolute atomic E-state index is 13.3. The van der Waals surface area contributed by atoms with Crippen LogP contribution in [-0.4, -0.2) is 56.1 Å². The fourth-order valence-electron chi connectivity index (χ4n) is 3.16. The van der Waals surface area contributed by atoms with Gasteiger partial charge >= 0.3 is 0 Å². The van der Waals surface area contributed by atoms with Gasteiger partial charge in [0.25, 0.3) is 5.91 Å². The van der Waals surface area contributed by atoms with Gasteiger partial charge < -0.3 is 14.4 Å². The first-order valence-corrected chi connectivity index (χ1v) is 8.59. The molecule has 1 heterocycles. The Hall–Kier alpha value is -2.60. The maximum Gasteiger partial charge on any atom is 0.254 e. The van der Waals surface area contributed by atoms with Crippen molar-refractivity contribution in [3.05, 3.63) is 59.4 Å². The minimum Gasteiger partial charge on any atom is -0.497 e. The van der Waals surface area contributed by atoms with Crippen molar-refractivity contribution in [3.63, 3.8) is 0 Å². The maximum atomic E-state index is 13.3. The fraction of sp³-hybridized carbons (Fsp3) is 0.350. The zero-order valence-electron chi connectivity index (χ0n) is 15.1. The van der Waals surface area contributed by atoms with Crippen molar-refractivity contribution in [2.24, 2.45) is 0 Å². The fourth-order valence-corrected chi connectivity index (χ4v) is 3.16. The molecule has 26 heavy (non-hydrogen) atoms. The largest absolute Gasteiger partial charge is 0.497 e. The van der Waals surface area contributed by atoms with Gasteiger partial charge in [-0.15, -0.1) is 0 Å². The molecule has 0 unspecified atom stereocenters. The molecule has 1 aliphatic rings. The Labute approximate surface area is 152 Å². The summed E-state index contributed by atoms with van der Waals surface area (Å²) in [7, 11) is 3.29. The normalized spacial score (nSPS) is 15.0. The molecule has 0 atom stereocenters. The molecule has 2 aromatic rings. The highest BCUT2D eigenvalue weighted by Crippen LogP contribution is 2.25. The molecule has 0 bridgehead atoms. The second-order valence-corrected chi connectivity index (χ2v) is 6.26. The van der Waals surface area contributed by atoms with Crippen LogP contribution in [0.5, 0.6) is 11.5 Å². The van der Waals surface area contributed by atoms with Crippen LogP contribution >= 0.6 is 0 Å². The van der Waals surface area contributed by atoms with E-state index in [1.54, 1.807) is 31.3 Å².